The summed E-state index contributed by atoms with van der Waals surface area (Å²) in [7, 11) is -2.30. The van der Waals surface area contributed by atoms with Crippen LogP contribution in [-0.4, -0.2) is 43.9 Å². The first kappa shape index (κ1) is 21.0. The Morgan fingerprint density at radius 2 is 1.85 bits per heavy atom. The highest BCUT2D eigenvalue weighted by molar-refractivity contribution is 7.89. The number of anilines is 1. The third kappa shape index (κ3) is 4.52. The number of methoxy groups -OCH3 is 1. The summed E-state index contributed by atoms with van der Waals surface area (Å²) in [4.78, 5) is 12.5. The van der Waals surface area contributed by atoms with Crippen molar-refractivity contribution in [2.24, 2.45) is 0 Å². The summed E-state index contributed by atoms with van der Waals surface area (Å²) in [5, 5.41) is 12.7. The minimum absolute atomic E-state index is 0.0256. The fourth-order valence-electron chi connectivity index (χ4n) is 2.54. The smallest absolute Gasteiger partial charge is 0.259 e. The van der Waals surface area contributed by atoms with Gasteiger partial charge in [0.25, 0.3) is 5.91 Å². The van der Waals surface area contributed by atoms with Gasteiger partial charge >= 0.3 is 0 Å². The average molecular weight is 413 g/mol. The van der Waals surface area contributed by atoms with Crippen molar-refractivity contribution >= 4 is 33.2 Å². The highest BCUT2D eigenvalue weighted by atomic mass is 35.5. The van der Waals surface area contributed by atoms with E-state index in [4.69, 9.17) is 16.3 Å². The summed E-state index contributed by atoms with van der Waals surface area (Å²) in [5.41, 5.74) is 0.122. The van der Waals surface area contributed by atoms with Crippen LogP contribution in [0.1, 0.15) is 24.2 Å². The summed E-state index contributed by atoms with van der Waals surface area (Å²) < 4.78 is 31.9. The second kappa shape index (κ2) is 8.60. The van der Waals surface area contributed by atoms with Gasteiger partial charge in [-0.2, -0.15) is 4.31 Å². The molecule has 27 heavy (non-hydrogen) atoms. The predicted octanol–water partition coefficient (Wildman–Crippen LogP) is 3.34. The number of aromatic hydroxyl groups is 1. The zero-order chi connectivity index (χ0) is 20.2. The van der Waals surface area contributed by atoms with Crippen LogP contribution in [0.4, 0.5) is 5.69 Å². The third-order valence-electron chi connectivity index (χ3n) is 3.97. The standard InChI is InChI=1S/C18H21ClN2O5S/c1-4-21(5-2)27(24,25)13-7-9-17(26-3)15(11-13)20-18(23)14-10-12(19)6-8-16(14)22/h6-11,22H,4-5H2,1-3H3,(H,20,23). The normalized spacial score (nSPS) is 11.4. The molecule has 0 atom stereocenters. The molecule has 2 aromatic carbocycles. The Hall–Kier alpha value is -2.29. The van der Waals surface area contributed by atoms with E-state index in [2.05, 4.69) is 5.32 Å². The Kier molecular flexibility index (Phi) is 6.69. The zero-order valence-electron chi connectivity index (χ0n) is 15.2. The van der Waals surface area contributed by atoms with E-state index in [1.54, 1.807) is 13.8 Å². The van der Waals surface area contributed by atoms with Crippen LogP contribution in [-0.2, 0) is 10.0 Å². The molecule has 0 spiro atoms. The number of hydrogen-bond acceptors (Lipinski definition) is 5. The minimum Gasteiger partial charge on any atom is -0.507 e. The molecule has 7 nitrogen and oxygen atoms in total. The summed E-state index contributed by atoms with van der Waals surface area (Å²) >= 11 is 5.87. The van der Waals surface area contributed by atoms with Crippen molar-refractivity contribution in [3.05, 3.63) is 47.0 Å². The van der Waals surface area contributed by atoms with Crippen molar-refractivity contribution in [2.75, 3.05) is 25.5 Å². The summed E-state index contributed by atoms with van der Waals surface area (Å²) in [5.74, 6) is -0.614. The number of benzene rings is 2. The van der Waals surface area contributed by atoms with Gasteiger partial charge in [-0.3, -0.25) is 4.79 Å². The lowest BCUT2D eigenvalue weighted by molar-refractivity contribution is 0.102. The zero-order valence-corrected chi connectivity index (χ0v) is 16.8. The molecule has 0 aliphatic carbocycles. The molecule has 0 saturated heterocycles. The first-order chi connectivity index (χ1) is 12.7. The number of sulfonamides is 1. The second-order valence-electron chi connectivity index (χ2n) is 5.57. The summed E-state index contributed by atoms with van der Waals surface area (Å²) in [6.45, 7) is 4.14. The molecule has 0 radical (unpaired) electrons. The average Bonchev–Trinajstić information content (AvgIpc) is 2.64. The number of rotatable bonds is 7. The van der Waals surface area contributed by atoms with Crippen molar-refractivity contribution in [1.82, 2.24) is 4.31 Å². The van der Waals surface area contributed by atoms with Crippen LogP contribution in [0.5, 0.6) is 11.5 Å². The number of halogens is 1. The summed E-state index contributed by atoms with van der Waals surface area (Å²) in [6.07, 6.45) is 0. The molecule has 9 heteroatoms. The van der Waals surface area contributed by atoms with Gasteiger partial charge in [-0.25, -0.2) is 8.42 Å². The number of nitrogens with zero attached hydrogens (tertiary/aromatic N) is 1. The number of phenolic OH excluding ortho intramolecular Hbond substituents is 1. The maximum atomic E-state index is 12.7. The van der Waals surface area contributed by atoms with Gasteiger partial charge in [-0.05, 0) is 36.4 Å². The Morgan fingerprint density at radius 1 is 1.19 bits per heavy atom. The van der Waals surface area contributed by atoms with E-state index in [-0.39, 0.29) is 32.7 Å². The molecule has 0 saturated carbocycles. The predicted molar refractivity (Wildman–Crippen MR) is 104 cm³/mol. The van der Waals surface area contributed by atoms with Crippen molar-refractivity contribution < 1.29 is 23.1 Å². The lowest BCUT2D eigenvalue weighted by Gasteiger charge is -2.19. The van der Waals surface area contributed by atoms with E-state index >= 15 is 0 Å². The third-order valence-corrected chi connectivity index (χ3v) is 6.25. The van der Waals surface area contributed by atoms with Gasteiger partial charge in [0.2, 0.25) is 10.0 Å². The second-order valence-corrected chi connectivity index (χ2v) is 7.94. The molecule has 0 aliphatic rings. The molecule has 146 valence electrons. The highest BCUT2D eigenvalue weighted by Gasteiger charge is 2.23. The van der Waals surface area contributed by atoms with Gasteiger partial charge in [0.05, 0.1) is 23.3 Å². The first-order valence-electron chi connectivity index (χ1n) is 8.22. The number of amides is 1. The van der Waals surface area contributed by atoms with Crippen LogP contribution in [0.15, 0.2) is 41.3 Å². The van der Waals surface area contributed by atoms with Crippen molar-refractivity contribution in [3.63, 3.8) is 0 Å². The van der Waals surface area contributed by atoms with E-state index < -0.39 is 15.9 Å². The number of carbonyl (C=O) groups excluding carboxylic acids is 1. The number of nitrogens with one attached hydrogen (secondary N) is 1. The van der Waals surface area contributed by atoms with E-state index in [0.717, 1.165) is 0 Å². The number of carbonyl (C=O) groups is 1. The minimum atomic E-state index is -3.71. The van der Waals surface area contributed by atoms with Crippen molar-refractivity contribution in [2.45, 2.75) is 18.7 Å². The maximum absolute atomic E-state index is 12.7. The molecule has 0 bridgehead atoms. The Balaban J connectivity index is 2.44. The largest absolute Gasteiger partial charge is 0.507 e. The van der Waals surface area contributed by atoms with E-state index in [1.165, 1.54) is 47.8 Å². The van der Waals surface area contributed by atoms with Crippen LogP contribution in [0.3, 0.4) is 0 Å². The fourth-order valence-corrected chi connectivity index (χ4v) is 4.19. The van der Waals surface area contributed by atoms with Gasteiger partial charge in [0, 0.05) is 18.1 Å². The first-order valence-corrected chi connectivity index (χ1v) is 10.0. The molecule has 2 rings (SSSR count). The van der Waals surface area contributed by atoms with E-state index in [1.807, 2.05) is 0 Å². The van der Waals surface area contributed by atoms with Crippen LogP contribution in [0.25, 0.3) is 0 Å². The SMILES string of the molecule is CCN(CC)S(=O)(=O)c1ccc(OC)c(NC(=O)c2cc(Cl)ccc2O)c1. The van der Waals surface area contributed by atoms with Crippen LogP contribution < -0.4 is 10.1 Å². The lowest BCUT2D eigenvalue weighted by Crippen LogP contribution is -2.30. The van der Waals surface area contributed by atoms with Gasteiger partial charge in [-0.1, -0.05) is 25.4 Å². The number of ether oxygens (including phenoxy) is 1. The van der Waals surface area contributed by atoms with E-state index in [0.29, 0.717) is 13.1 Å². The van der Waals surface area contributed by atoms with Crippen molar-refractivity contribution in [1.29, 1.82) is 0 Å². The quantitative estimate of drug-likeness (QED) is 0.727. The Bertz CT molecular complexity index is 943. The molecule has 0 unspecified atom stereocenters. The molecular weight excluding hydrogens is 392 g/mol. The van der Waals surface area contributed by atoms with Crippen LogP contribution in [0.2, 0.25) is 5.02 Å². The molecule has 0 fully saturated rings. The van der Waals surface area contributed by atoms with Gasteiger partial charge in [-0.15, -0.1) is 0 Å². The fraction of sp³-hybridized carbons (Fsp3) is 0.278. The monoisotopic (exact) mass is 412 g/mol. The number of hydrogen-bond donors (Lipinski definition) is 2. The molecular formula is C18H21ClN2O5S. The maximum Gasteiger partial charge on any atom is 0.259 e. The highest BCUT2D eigenvalue weighted by Crippen LogP contribution is 2.30. The molecule has 0 aromatic heterocycles. The molecule has 2 aromatic rings. The molecule has 0 heterocycles. The Morgan fingerprint density at radius 3 is 2.44 bits per heavy atom. The van der Waals surface area contributed by atoms with Crippen LogP contribution >= 0.6 is 11.6 Å². The number of phenols is 1. The van der Waals surface area contributed by atoms with Crippen LogP contribution in [0, 0.1) is 0 Å². The van der Waals surface area contributed by atoms with Gasteiger partial charge < -0.3 is 15.2 Å². The van der Waals surface area contributed by atoms with Gasteiger partial charge in [0.15, 0.2) is 0 Å². The molecule has 1 amide bonds. The molecule has 2 N–H and O–H groups in total. The summed E-state index contributed by atoms with van der Waals surface area (Å²) in [6, 6.07) is 8.27. The van der Waals surface area contributed by atoms with Crippen molar-refractivity contribution in [3.8, 4) is 11.5 Å². The topological polar surface area (TPSA) is 95.9 Å². The Labute approximate surface area is 163 Å². The van der Waals surface area contributed by atoms with E-state index in [9.17, 15) is 18.3 Å². The van der Waals surface area contributed by atoms with Gasteiger partial charge in [0.1, 0.15) is 11.5 Å². The molecule has 0 aliphatic heterocycles. The lowest BCUT2D eigenvalue weighted by atomic mass is 10.2.